The molecule has 3 aromatic carbocycles. The second kappa shape index (κ2) is 12.6. The number of hydrogen-bond acceptors (Lipinski definition) is 0. The van der Waals surface area contributed by atoms with E-state index in [1.54, 1.807) is 0 Å². The van der Waals surface area contributed by atoms with Gasteiger partial charge in [-0.05, 0) is 0 Å². The molecule has 0 aromatic heterocycles. The third-order valence-corrected chi connectivity index (χ3v) is 9.67. The van der Waals surface area contributed by atoms with Crippen LogP contribution in [0.5, 0.6) is 0 Å². The first-order valence-corrected chi connectivity index (χ1v) is 11.3. The Balaban J connectivity index is 0.00000196. The first-order valence-electron chi connectivity index (χ1n) is 8.78. The van der Waals surface area contributed by atoms with Gasteiger partial charge in [0.05, 0.1) is 8.07 Å². The summed E-state index contributed by atoms with van der Waals surface area (Å²) in [6.45, 7) is 2.47. The van der Waals surface area contributed by atoms with Crippen LogP contribution in [0.2, 0.25) is 6.55 Å². The van der Waals surface area contributed by atoms with Crippen LogP contribution >= 0.6 is 0 Å². The van der Waals surface area contributed by atoms with E-state index in [2.05, 4.69) is 110 Å². The van der Waals surface area contributed by atoms with Gasteiger partial charge in [-0.3, -0.25) is 0 Å². The molecule has 0 N–H and O–H groups in total. The fourth-order valence-corrected chi connectivity index (χ4v) is 7.71. The molecule has 0 atom stereocenters. The molecule has 0 saturated carbocycles. The van der Waals surface area contributed by atoms with E-state index in [0.717, 1.165) is 6.42 Å². The van der Waals surface area contributed by atoms with Crippen LogP contribution < -0.4 is 47.6 Å². The molecule has 1 aliphatic rings. The molecular weight excluding hydrogens is 471 g/mol. The van der Waals surface area contributed by atoms with Gasteiger partial charge < -0.3 is 37.2 Å². The monoisotopic (exact) mass is 490 g/mol. The molecule has 0 nitrogen and oxygen atoms in total. The Kier molecular flexibility index (Phi) is 12.1. The fourth-order valence-electron chi connectivity index (χ4n) is 3.79. The van der Waals surface area contributed by atoms with Gasteiger partial charge in [-0.1, -0.05) is 102 Å². The van der Waals surface area contributed by atoms with Gasteiger partial charge in [0.25, 0.3) is 0 Å². The van der Waals surface area contributed by atoms with Crippen molar-refractivity contribution in [2.45, 2.75) is 13.0 Å². The molecule has 0 fully saturated rings. The third kappa shape index (κ3) is 5.55. The minimum atomic E-state index is -2.05. The summed E-state index contributed by atoms with van der Waals surface area (Å²) in [6.07, 6.45) is 6.93. The molecule has 0 aliphatic heterocycles. The van der Waals surface area contributed by atoms with Crippen molar-refractivity contribution in [1.82, 2.24) is 0 Å². The molecule has 0 spiro atoms. The van der Waals surface area contributed by atoms with Crippen molar-refractivity contribution in [2.24, 2.45) is 0 Å². The summed E-state index contributed by atoms with van der Waals surface area (Å²) in [6, 6.07) is 32.7. The minimum Gasteiger partial charge on any atom is -1.00 e. The number of benzene rings is 3. The second-order valence-electron chi connectivity index (χ2n) is 6.60. The minimum absolute atomic E-state index is 0. The molecule has 4 rings (SSSR count). The van der Waals surface area contributed by atoms with Crippen LogP contribution in [0.15, 0.2) is 102 Å². The zero-order valence-corrected chi connectivity index (χ0v) is 20.9. The number of hydrogen-bond donors (Lipinski definition) is 0. The summed E-state index contributed by atoms with van der Waals surface area (Å²) >= 11 is 0. The van der Waals surface area contributed by atoms with Gasteiger partial charge in [-0.15, -0.1) is 29.0 Å². The maximum absolute atomic E-state index is 3.63. The van der Waals surface area contributed by atoms with Gasteiger partial charge in [0.2, 0.25) is 0 Å². The van der Waals surface area contributed by atoms with Gasteiger partial charge in [-0.25, -0.2) is 0 Å². The smallest absolute Gasteiger partial charge is 1.00 e. The van der Waals surface area contributed by atoms with Crippen LogP contribution in [0.1, 0.15) is 12.0 Å². The molecule has 0 bridgehead atoms. The molecule has 29 heavy (non-hydrogen) atoms. The van der Waals surface area contributed by atoms with Crippen molar-refractivity contribution in [3.05, 3.63) is 114 Å². The molecule has 0 radical (unpaired) electrons. The van der Waals surface area contributed by atoms with Crippen LogP contribution in [0, 0.1) is 6.08 Å². The van der Waals surface area contributed by atoms with E-state index in [4.69, 9.17) is 0 Å². The van der Waals surface area contributed by atoms with Crippen molar-refractivity contribution in [3.8, 4) is 0 Å². The first kappa shape index (κ1) is 27.9. The number of rotatable bonds is 4. The average molecular weight is 492 g/mol. The summed E-state index contributed by atoms with van der Waals surface area (Å²) in [5.41, 5.74) is 2.57. The molecule has 146 valence electrons. The quantitative estimate of drug-likeness (QED) is 0.256. The maximum Gasteiger partial charge on any atom is 4.00 e. The third-order valence-electron chi connectivity index (χ3n) is 5.16. The van der Waals surface area contributed by atoms with E-state index in [1.807, 2.05) is 0 Å². The average Bonchev–Trinajstić information content (AvgIpc) is 3.20. The van der Waals surface area contributed by atoms with E-state index in [-0.39, 0.29) is 58.9 Å². The Labute approximate surface area is 208 Å². The van der Waals surface area contributed by atoms with Crippen LogP contribution in [0.25, 0.3) is 5.57 Å². The van der Waals surface area contributed by atoms with E-state index >= 15 is 0 Å². The fraction of sp³-hybridized carbons (Fsp3) is 0.0833. The zero-order chi connectivity index (χ0) is 17.1. The Morgan fingerprint density at radius 3 is 1.52 bits per heavy atom. The molecule has 0 heterocycles. The SMILES string of the molecule is C[Si](C1=CC[C-]=C1c1ccccc1)(c1ccccc1)c1ccccc1.[Cl-].[Cl-].[Cl-].[Ti+4]. The topological polar surface area (TPSA) is 0 Å². The van der Waals surface area contributed by atoms with Gasteiger partial charge in [0.1, 0.15) is 0 Å². The zero-order valence-electron chi connectivity index (χ0n) is 16.1. The predicted molar refractivity (Wildman–Crippen MR) is 110 cm³/mol. The Hall–Kier alpha value is -1.06. The molecule has 1 aliphatic carbocycles. The standard InChI is InChI=1S/C24H21Si.3ClH.Ti/c1-25(21-14-7-3-8-15-21,22-16-9-4-10-17-22)24-19-11-18-23(24)20-12-5-2-6-13-20;;;;/h2-10,12-17,19H,11H2,1H3;3*1H;/q-1;;;;+4/p-3. The van der Waals surface area contributed by atoms with Crippen LogP contribution in [-0.2, 0) is 21.7 Å². The van der Waals surface area contributed by atoms with E-state index in [1.165, 1.54) is 26.7 Å². The van der Waals surface area contributed by atoms with Gasteiger partial charge in [0.15, 0.2) is 0 Å². The van der Waals surface area contributed by atoms with Crippen molar-refractivity contribution in [3.63, 3.8) is 0 Å². The summed E-state index contributed by atoms with van der Waals surface area (Å²) in [5, 5.41) is 4.38. The van der Waals surface area contributed by atoms with Crippen molar-refractivity contribution in [2.75, 3.05) is 0 Å². The number of halogens is 3. The predicted octanol–water partition coefficient (Wildman–Crippen LogP) is -4.36. The van der Waals surface area contributed by atoms with Gasteiger partial charge >= 0.3 is 21.7 Å². The second-order valence-corrected chi connectivity index (χ2v) is 10.5. The van der Waals surface area contributed by atoms with Crippen LogP contribution in [-0.4, -0.2) is 8.07 Å². The summed E-state index contributed by atoms with van der Waals surface area (Å²) < 4.78 is 0. The maximum atomic E-state index is 3.63. The van der Waals surface area contributed by atoms with Gasteiger partial charge in [-0.2, -0.15) is 11.6 Å². The Bertz CT molecular complexity index is 887. The Morgan fingerprint density at radius 2 is 1.07 bits per heavy atom. The summed E-state index contributed by atoms with van der Waals surface area (Å²) in [7, 11) is -2.05. The molecule has 3 aromatic rings. The first-order chi connectivity index (χ1) is 12.3. The normalized spacial score (nSPS) is 12.2. The van der Waals surface area contributed by atoms with Gasteiger partial charge in [0, 0.05) is 0 Å². The molecule has 0 saturated heterocycles. The van der Waals surface area contributed by atoms with Crippen molar-refractivity contribution < 1.29 is 58.9 Å². The molecule has 0 unspecified atom stereocenters. The van der Waals surface area contributed by atoms with E-state index < -0.39 is 8.07 Å². The van der Waals surface area contributed by atoms with E-state index in [9.17, 15) is 0 Å². The van der Waals surface area contributed by atoms with E-state index in [0.29, 0.717) is 0 Å². The van der Waals surface area contributed by atoms with Crippen LogP contribution in [0.3, 0.4) is 0 Å². The summed E-state index contributed by atoms with van der Waals surface area (Å²) in [5.74, 6) is 0. The van der Waals surface area contributed by atoms with Crippen LogP contribution in [0.4, 0.5) is 0 Å². The largest absolute Gasteiger partial charge is 4.00 e. The van der Waals surface area contributed by atoms with Crippen molar-refractivity contribution >= 4 is 24.0 Å². The molecule has 5 heteroatoms. The molecule has 0 amide bonds. The molecular formula is C24H21Cl3SiTi. The summed E-state index contributed by atoms with van der Waals surface area (Å²) in [4.78, 5) is 0. The van der Waals surface area contributed by atoms with Crippen molar-refractivity contribution in [1.29, 1.82) is 0 Å². The Morgan fingerprint density at radius 1 is 0.655 bits per heavy atom. The number of allylic oxidation sites excluding steroid dienone is 4.